The summed E-state index contributed by atoms with van der Waals surface area (Å²) < 4.78 is 10.8. The van der Waals surface area contributed by atoms with Crippen molar-refractivity contribution in [1.82, 2.24) is 10.2 Å². The van der Waals surface area contributed by atoms with Gasteiger partial charge in [-0.15, -0.1) is 11.6 Å². The number of alkyl halides is 1. The monoisotopic (exact) mass is 186 g/mol. The lowest BCUT2D eigenvalue weighted by molar-refractivity contribution is 0.450. The molecular formula is C4H12ClN2O2P. The van der Waals surface area contributed by atoms with Crippen LogP contribution >= 0.6 is 19.3 Å². The second kappa shape index (κ2) is 5.10. The van der Waals surface area contributed by atoms with Crippen LogP contribution in [0.2, 0.25) is 0 Å². The van der Waals surface area contributed by atoms with E-state index in [4.69, 9.17) is 16.5 Å². The van der Waals surface area contributed by atoms with Crippen LogP contribution in [-0.2, 0) is 4.57 Å². The first-order valence-electron chi connectivity index (χ1n) is 3.01. The number of hydrogen-bond acceptors (Lipinski definition) is 1. The van der Waals surface area contributed by atoms with E-state index in [2.05, 4.69) is 10.2 Å². The average Bonchev–Trinajstić information content (AvgIpc) is 1.84. The van der Waals surface area contributed by atoms with Gasteiger partial charge in [0, 0.05) is 19.0 Å². The van der Waals surface area contributed by atoms with E-state index in [1.807, 2.05) is 0 Å². The van der Waals surface area contributed by atoms with Gasteiger partial charge in [0.2, 0.25) is 0 Å². The van der Waals surface area contributed by atoms with Crippen molar-refractivity contribution < 1.29 is 9.46 Å². The third-order valence-corrected chi connectivity index (χ3v) is 2.38. The molecule has 3 N–H and O–H groups in total. The molecule has 10 heavy (non-hydrogen) atoms. The first-order chi connectivity index (χ1) is 4.62. The third-order valence-electron chi connectivity index (χ3n) is 0.793. The molecule has 0 saturated heterocycles. The van der Waals surface area contributed by atoms with E-state index in [1.165, 1.54) is 0 Å². The zero-order chi connectivity index (χ0) is 8.04. The maximum absolute atomic E-state index is 10.8. The number of rotatable bonds is 5. The first-order valence-corrected chi connectivity index (χ1v) is 5.21. The predicted molar refractivity (Wildman–Crippen MR) is 42.2 cm³/mol. The summed E-state index contributed by atoms with van der Waals surface area (Å²) in [7, 11) is -3.29. The first kappa shape index (κ1) is 10.4. The Morgan fingerprint density at radius 3 is 2.60 bits per heavy atom. The summed E-state index contributed by atoms with van der Waals surface area (Å²) in [6.07, 6.45) is 0. The fourth-order valence-electron chi connectivity index (χ4n) is 0.464. The molecular weight excluding hydrogens is 174 g/mol. The normalized spacial score (nSPS) is 16.7. The molecule has 0 aromatic heterocycles. The van der Waals surface area contributed by atoms with Crippen LogP contribution in [0.1, 0.15) is 6.92 Å². The van der Waals surface area contributed by atoms with E-state index in [0.29, 0.717) is 19.0 Å². The summed E-state index contributed by atoms with van der Waals surface area (Å²) in [5.41, 5.74) is 0. The molecule has 0 aromatic rings. The highest BCUT2D eigenvalue weighted by molar-refractivity contribution is 7.53. The van der Waals surface area contributed by atoms with E-state index < -0.39 is 7.67 Å². The Morgan fingerprint density at radius 2 is 2.20 bits per heavy atom. The maximum Gasteiger partial charge on any atom is 0.338 e. The number of nitrogens with one attached hydrogen (secondary N) is 2. The lowest BCUT2D eigenvalue weighted by Crippen LogP contribution is -2.23. The minimum absolute atomic E-state index is 0.329. The van der Waals surface area contributed by atoms with Gasteiger partial charge >= 0.3 is 7.67 Å². The molecule has 0 aliphatic carbocycles. The van der Waals surface area contributed by atoms with Gasteiger partial charge in [0.05, 0.1) is 0 Å². The van der Waals surface area contributed by atoms with Crippen molar-refractivity contribution in [2.75, 3.05) is 19.0 Å². The minimum atomic E-state index is -3.29. The minimum Gasteiger partial charge on any atom is -0.322 e. The van der Waals surface area contributed by atoms with E-state index >= 15 is 0 Å². The van der Waals surface area contributed by atoms with Crippen LogP contribution in [0.4, 0.5) is 0 Å². The molecule has 0 saturated carbocycles. The second-order valence-corrected chi connectivity index (χ2v) is 3.85. The van der Waals surface area contributed by atoms with Gasteiger partial charge in [-0.25, -0.2) is 10.2 Å². The molecule has 0 amide bonds. The molecule has 0 aliphatic rings. The third kappa shape index (κ3) is 5.21. The van der Waals surface area contributed by atoms with Crippen molar-refractivity contribution in [2.45, 2.75) is 6.92 Å². The molecule has 0 radical (unpaired) electrons. The summed E-state index contributed by atoms with van der Waals surface area (Å²) in [5.74, 6) is 0.329. The molecule has 0 heterocycles. The smallest absolute Gasteiger partial charge is 0.322 e. The lowest BCUT2D eigenvalue weighted by atomic mass is 10.8. The molecule has 6 heteroatoms. The molecule has 0 bridgehead atoms. The van der Waals surface area contributed by atoms with Crippen molar-refractivity contribution in [3.8, 4) is 0 Å². The Morgan fingerprint density at radius 1 is 1.60 bits per heavy atom. The fourth-order valence-corrected chi connectivity index (χ4v) is 1.65. The van der Waals surface area contributed by atoms with Crippen LogP contribution in [0.15, 0.2) is 0 Å². The van der Waals surface area contributed by atoms with Gasteiger partial charge in [-0.3, -0.25) is 4.57 Å². The van der Waals surface area contributed by atoms with Gasteiger partial charge in [-0.2, -0.15) is 0 Å². The Kier molecular flexibility index (Phi) is 5.31. The summed E-state index contributed by atoms with van der Waals surface area (Å²) in [4.78, 5) is 8.92. The molecule has 4 nitrogen and oxygen atoms in total. The second-order valence-electron chi connectivity index (χ2n) is 1.68. The SMILES string of the molecule is CCNP(=O)(O)NCCCl. The van der Waals surface area contributed by atoms with Crippen LogP contribution in [0.25, 0.3) is 0 Å². The van der Waals surface area contributed by atoms with Crippen LogP contribution in [-0.4, -0.2) is 23.9 Å². The van der Waals surface area contributed by atoms with E-state index in [0.717, 1.165) is 0 Å². The van der Waals surface area contributed by atoms with Gasteiger partial charge in [-0.1, -0.05) is 6.92 Å². The van der Waals surface area contributed by atoms with E-state index in [-0.39, 0.29) is 0 Å². The van der Waals surface area contributed by atoms with Crippen molar-refractivity contribution in [1.29, 1.82) is 0 Å². The van der Waals surface area contributed by atoms with Crippen LogP contribution < -0.4 is 10.2 Å². The highest BCUT2D eigenvalue weighted by atomic mass is 35.5. The van der Waals surface area contributed by atoms with E-state index in [9.17, 15) is 4.57 Å². The lowest BCUT2D eigenvalue weighted by Gasteiger charge is -2.11. The average molecular weight is 187 g/mol. The Labute approximate surface area is 65.5 Å². The molecule has 1 unspecified atom stereocenters. The molecule has 0 spiro atoms. The van der Waals surface area contributed by atoms with Gasteiger partial charge in [0.15, 0.2) is 0 Å². The van der Waals surface area contributed by atoms with Gasteiger partial charge < -0.3 is 4.89 Å². The van der Waals surface area contributed by atoms with Crippen molar-refractivity contribution in [3.05, 3.63) is 0 Å². The number of hydrogen-bond donors (Lipinski definition) is 3. The van der Waals surface area contributed by atoms with Crippen LogP contribution in [0, 0.1) is 0 Å². The summed E-state index contributed by atoms with van der Waals surface area (Å²) in [6, 6.07) is 0. The standard InChI is InChI=1S/C4H12ClN2O2P/c1-2-6-10(8,9)7-4-3-5/h2-4H2,1H3,(H3,6,7,8,9). The van der Waals surface area contributed by atoms with Crippen LogP contribution in [0.5, 0.6) is 0 Å². The highest BCUT2D eigenvalue weighted by Gasteiger charge is 2.13. The molecule has 0 aliphatic heterocycles. The number of halogens is 1. The molecule has 62 valence electrons. The summed E-state index contributed by atoms with van der Waals surface area (Å²) in [6.45, 7) is 2.55. The summed E-state index contributed by atoms with van der Waals surface area (Å²) >= 11 is 5.29. The predicted octanol–water partition coefficient (Wildman–Crippen LogP) is 0.525. The Hall–Kier alpha value is 0.400. The van der Waals surface area contributed by atoms with Gasteiger partial charge in [0.1, 0.15) is 0 Å². The fraction of sp³-hybridized carbons (Fsp3) is 1.00. The highest BCUT2D eigenvalue weighted by Crippen LogP contribution is 2.27. The zero-order valence-electron chi connectivity index (χ0n) is 5.80. The maximum atomic E-state index is 10.8. The molecule has 1 atom stereocenters. The van der Waals surface area contributed by atoms with E-state index in [1.54, 1.807) is 6.92 Å². The van der Waals surface area contributed by atoms with Crippen molar-refractivity contribution in [2.24, 2.45) is 0 Å². The van der Waals surface area contributed by atoms with Crippen molar-refractivity contribution >= 4 is 19.3 Å². The molecule has 0 rings (SSSR count). The Balaban J connectivity index is 3.53. The molecule has 0 aromatic carbocycles. The van der Waals surface area contributed by atoms with Gasteiger partial charge in [-0.05, 0) is 0 Å². The summed E-state index contributed by atoms with van der Waals surface area (Å²) in [5, 5.41) is 4.78. The quantitative estimate of drug-likeness (QED) is 0.433. The Bertz CT molecular complexity index is 132. The topological polar surface area (TPSA) is 61.4 Å². The largest absolute Gasteiger partial charge is 0.338 e. The van der Waals surface area contributed by atoms with Gasteiger partial charge in [0.25, 0.3) is 0 Å². The van der Waals surface area contributed by atoms with Crippen LogP contribution in [0.3, 0.4) is 0 Å². The molecule has 0 fully saturated rings. The zero-order valence-corrected chi connectivity index (χ0v) is 7.45. The van der Waals surface area contributed by atoms with Crippen molar-refractivity contribution in [3.63, 3.8) is 0 Å².